The SMILES string of the molecule is C=Cc1cnn2cc(CNC(=O)OC(C)(C)C)nc2c1.COC(C)(C)C(F)(F)F. The predicted molar refractivity (Wildman–Crippen MR) is 103 cm³/mol. The van der Waals surface area contributed by atoms with Crippen LogP contribution in [0.1, 0.15) is 45.9 Å². The van der Waals surface area contributed by atoms with Gasteiger partial charge in [-0.05, 0) is 46.2 Å². The predicted octanol–water partition coefficient (Wildman–Crippen LogP) is 4.37. The van der Waals surface area contributed by atoms with Crippen LogP contribution in [-0.2, 0) is 16.0 Å². The van der Waals surface area contributed by atoms with Gasteiger partial charge in [0.2, 0.25) is 0 Å². The van der Waals surface area contributed by atoms with Gasteiger partial charge >= 0.3 is 12.3 Å². The first-order valence-corrected chi connectivity index (χ1v) is 8.74. The van der Waals surface area contributed by atoms with Crippen molar-refractivity contribution in [2.45, 2.75) is 58.5 Å². The Morgan fingerprint density at radius 3 is 2.34 bits per heavy atom. The number of imidazole rings is 1. The number of alkyl halides is 3. The smallest absolute Gasteiger partial charge is 0.416 e. The minimum atomic E-state index is -4.28. The molecule has 2 aromatic rings. The molecule has 0 aliphatic carbocycles. The molecule has 0 aromatic carbocycles. The molecule has 0 aliphatic rings. The summed E-state index contributed by atoms with van der Waals surface area (Å²) in [6.45, 7) is 11.4. The summed E-state index contributed by atoms with van der Waals surface area (Å²) in [4.78, 5) is 15.9. The lowest BCUT2D eigenvalue weighted by Crippen LogP contribution is -2.40. The molecule has 2 rings (SSSR count). The molecular weight excluding hydrogens is 389 g/mol. The Hall–Kier alpha value is -2.62. The van der Waals surface area contributed by atoms with Crippen molar-refractivity contribution in [1.29, 1.82) is 0 Å². The molecule has 2 heterocycles. The number of alkyl carbamates (subject to hydrolysis) is 1. The number of rotatable bonds is 4. The third kappa shape index (κ3) is 7.72. The second kappa shape index (κ2) is 9.25. The Morgan fingerprint density at radius 1 is 1.28 bits per heavy atom. The molecule has 7 nitrogen and oxygen atoms in total. The van der Waals surface area contributed by atoms with Crippen LogP contribution in [0.3, 0.4) is 0 Å². The zero-order chi connectivity index (χ0) is 22.5. The minimum Gasteiger partial charge on any atom is -0.444 e. The Balaban J connectivity index is 0.000000396. The van der Waals surface area contributed by atoms with Crippen molar-refractivity contribution in [3.8, 4) is 0 Å². The number of nitrogens with zero attached hydrogens (tertiary/aromatic N) is 3. The second-order valence-corrected chi connectivity index (χ2v) is 7.60. The molecule has 1 amide bonds. The fourth-order valence-corrected chi connectivity index (χ4v) is 1.73. The lowest BCUT2D eigenvalue weighted by molar-refractivity contribution is -0.255. The summed E-state index contributed by atoms with van der Waals surface area (Å²) in [6.07, 6.45) is 0.434. The molecule has 29 heavy (non-hydrogen) atoms. The standard InChI is InChI=1S/C14H18N4O2.C5H9F3O/c1-5-10-6-12-17-11(9-18(12)16-7-10)8-15-13(19)20-14(2,3)4;1-4(2,9-3)5(6,7)8/h5-7,9H,1,8H2,2-4H3,(H,15,19);1-3H3. The van der Waals surface area contributed by atoms with Gasteiger partial charge in [-0.3, -0.25) is 0 Å². The third-order valence-corrected chi connectivity index (χ3v) is 3.63. The summed E-state index contributed by atoms with van der Waals surface area (Å²) in [7, 11) is 1.04. The van der Waals surface area contributed by atoms with Crippen LogP contribution in [0.25, 0.3) is 11.7 Å². The van der Waals surface area contributed by atoms with Gasteiger partial charge in [-0.25, -0.2) is 14.3 Å². The molecule has 162 valence electrons. The number of aromatic nitrogens is 3. The number of hydrogen-bond acceptors (Lipinski definition) is 5. The van der Waals surface area contributed by atoms with E-state index in [1.807, 2.05) is 26.8 Å². The van der Waals surface area contributed by atoms with E-state index >= 15 is 0 Å². The average molecular weight is 416 g/mol. The molecule has 0 spiro atoms. The highest BCUT2D eigenvalue weighted by Crippen LogP contribution is 2.31. The van der Waals surface area contributed by atoms with Gasteiger partial charge in [-0.2, -0.15) is 18.3 Å². The monoisotopic (exact) mass is 416 g/mol. The van der Waals surface area contributed by atoms with Gasteiger partial charge < -0.3 is 14.8 Å². The molecule has 0 radical (unpaired) electrons. The van der Waals surface area contributed by atoms with Crippen molar-refractivity contribution in [2.75, 3.05) is 7.11 Å². The maximum Gasteiger partial charge on any atom is 0.416 e. The van der Waals surface area contributed by atoms with E-state index in [-0.39, 0.29) is 0 Å². The van der Waals surface area contributed by atoms with E-state index in [0.717, 1.165) is 26.5 Å². The van der Waals surface area contributed by atoms with Crippen molar-refractivity contribution in [3.05, 3.63) is 36.3 Å². The van der Waals surface area contributed by atoms with Gasteiger partial charge in [0.25, 0.3) is 0 Å². The zero-order valence-electron chi connectivity index (χ0n) is 17.4. The van der Waals surface area contributed by atoms with E-state index < -0.39 is 23.5 Å². The van der Waals surface area contributed by atoms with E-state index in [1.165, 1.54) is 0 Å². The highest BCUT2D eigenvalue weighted by atomic mass is 19.4. The highest BCUT2D eigenvalue weighted by Gasteiger charge is 2.47. The number of carbonyl (C=O) groups is 1. The van der Waals surface area contributed by atoms with Crippen LogP contribution in [0, 0.1) is 0 Å². The second-order valence-electron chi connectivity index (χ2n) is 7.60. The van der Waals surface area contributed by atoms with E-state index in [2.05, 4.69) is 26.7 Å². The molecule has 0 fully saturated rings. The number of amides is 1. The van der Waals surface area contributed by atoms with Crippen molar-refractivity contribution >= 4 is 17.8 Å². The Labute approximate surface area is 167 Å². The number of fused-ring (bicyclic) bond motifs is 1. The summed E-state index contributed by atoms with van der Waals surface area (Å²) >= 11 is 0. The fourth-order valence-electron chi connectivity index (χ4n) is 1.73. The molecule has 0 saturated carbocycles. The number of carbonyl (C=O) groups excluding carboxylic acids is 1. The first-order valence-electron chi connectivity index (χ1n) is 8.74. The summed E-state index contributed by atoms with van der Waals surface area (Å²) in [5, 5.41) is 6.86. The topological polar surface area (TPSA) is 77.8 Å². The van der Waals surface area contributed by atoms with Crippen LogP contribution in [0.2, 0.25) is 0 Å². The van der Waals surface area contributed by atoms with Crippen molar-refractivity contribution < 1.29 is 27.4 Å². The Kier molecular flexibility index (Phi) is 7.79. The molecule has 0 unspecified atom stereocenters. The maximum atomic E-state index is 11.7. The Bertz CT molecular complexity index is 839. The summed E-state index contributed by atoms with van der Waals surface area (Å²) in [5.41, 5.74) is -0.209. The molecule has 10 heteroatoms. The number of hydrogen-bond donors (Lipinski definition) is 1. The first kappa shape index (κ1) is 24.4. The molecule has 0 saturated heterocycles. The van der Waals surface area contributed by atoms with Crippen LogP contribution in [0.5, 0.6) is 0 Å². The summed E-state index contributed by atoms with van der Waals surface area (Å²) in [5.74, 6) is 0. The zero-order valence-corrected chi connectivity index (χ0v) is 17.4. The quantitative estimate of drug-likeness (QED) is 0.801. The largest absolute Gasteiger partial charge is 0.444 e. The van der Waals surface area contributed by atoms with E-state index in [9.17, 15) is 18.0 Å². The lowest BCUT2D eigenvalue weighted by Gasteiger charge is -2.25. The third-order valence-electron chi connectivity index (χ3n) is 3.63. The van der Waals surface area contributed by atoms with Gasteiger partial charge in [0.1, 0.15) is 5.60 Å². The normalized spacial score (nSPS) is 12.2. The number of nitrogens with one attached hydrogen (secondary N) is 1. The number of ether oxygens (including phenoxy) is 2. The lowest BCUT2D eigenvalue weighted by atomic mass is 10.1. The van der Waals surface area contributed by atoms with E-state index in [0.29, 0.717) is 17.9 Å². The molecule has 1 N–H and O–H groups in total. The Morgan fingerprint density at radius 2 is 1.90 bits per heavy atom. The number of halogens is 3. The van der Waals surface area contributed by atoms with Crippen LogP contribution >= 0.6 is 0 Å². The van der Waals surface area contributed by atoms with Crippen molar-refractivity contribution in [1.82, 2.24) is 19.9 Å². The van der Waals surface area contributed by atoms with Crippen LogP contribution in [-0.4, -0.2) is 45.2 Å². The molecular formula is C19H27F3N4O3. The number of methoxy groups -OCH3 is 1. The molecule has 2 aromatic heterocycles. The summed E-state index contributed by atoms with van der Waals surface area (Å²) in [6, 6.07) is 1.87. The molecule has 0 bridgehead atoms. The van der Waals surface area contributed by atoms with Gasteiger partial charge in [0.15, 0.2) is 11.2 Å². The molecule has 0 atom stereocenters. The van der Waals surface area contributed by atoms with Gasteiger partial charge in [0.05, 0.1) is 24.6 Å². The summed E-state index contributed by atoms with van der Waals surface area (Å²) < 4.78 is 46.1. The average Bonchev–Trinajstić information content (AvgIpc) is 3.00. The van der Waals surface area contributed by atoms with Crippen LogP contribution < -0.4 is 5.32 Å². The van der Waals surface area contributed by atoms with E-state index in [1.54, 1.807) is 23.0 Å². The van der Waals surface area contributed by atoms with Gasteiger partial charge in [-0.1, -0.05) is 12.7 Å². The van der Waals surface area contributed by atoms with Gasteiger partial charge in [0, 0.05) is 7.11 Å². The maximum absolute atomic E-state index is 11.7. The molecule has 0 aliphatic heterocycles. The minimum absolute atomic E-state index is 0.293. The first-order chi connectivity index (χ1) is 13.2. The van der Waals surface area contributed by atoms with Crippen LogP contribution in [0.15, 0.2) is 25.0 Å². The van der Waals surface area contributed by atoms with Crippen molar-refractivity contribution in [2.24, 2.45) is 0 Å². The van der Waals surface area contributed by atoms with Crippen LogP contribution in [0.4, 0.5) is 18.0 Å². The van der Waals surface area contributed by atoms with Gasteiger partial charge in [-0.15, -0.1) is 0 Å². The van der Waals surface area contributed by atoms with Crippen molar-refractivity contribution in [3.63, 3.8) is 0 Å². The highest BCUT2D eigenvalue weighted by molar-refractivity contribution is 5.67. The fraction of sp³-hybridized carbons (Fsp3) is 0.526. The van der Waals surface area contributed by atoms with E-state index in [4.69, 9.17) is 4.74 Å².